The number of nitrogens with zero attached hydrogens (tertiary/aromatic N) is 1. The van der Waals surface area contributed by atoms with Gasteiger partial charge in [0.25, 0.3) is 0 Å². The van der Waals surface area contributed by atoms with E-state index in [-0.39, 0.29) is 35.9 Å². The SMILES string of the molecule is CC(C)(C)[C@H](NC(=O)O)C(=O)N[C@@H]1CC[C@H]2CN(S(=O)(=O)c3ccc(C(F)(F)F)cc3)C[C@H]21. The van der Waals surface area contributed by atoms with Gasteiger partial charge in [0.15, 0.2) is 0 Å². The molecule has 1 heterocycles. The molecule has 2 fully saturated rings. The van der Waals surface area contributed by atoms with E-state index in [0.29, 0.717) is 12.8 Å². The Bertz CT molecular complexity index is 1010. The minimum absolute atomic E-state index is 0.0000398. The standard InChI is InChI=1S/C21H28F3N3O5S/c1-20(2,3)17(26-19(29)30)18(28)25-16-9-4-12-10-27(11-15(12)16)33(31,32)14-7-5-13(6-8-14)21(22,23)24/h5-8,12,15-17,26H,4,9-11H2,1-3H3,(H,25,28)(H,29,30)/t12-,15+,16+,17+/m0/s1. The summed E-state index contributed by atoms with van der Waals surface area (Å²) in [6.07, 6.45) is -4.55. The number of alkyl halides is 3. The number of halogens is 3. The predicted molar refractivity (Wildman–Crippen MR) is 113 cm³/mol. The normalized spacial score (nSPS) is 24.8. The number of fused-ring (bicyclic) bond motifs is 1. The van der Waals surface area contributed by atoms with Gasteiger partial charge in [0, 0.05) is 19.1 Å². The van der Waals surface area contributed by atoms with Crippen molar-refractivity contribution in [3.8, 4) is 0 Å². The first-order valence-electron chi connectivity index (χ1n) is 10.6. The van der Waals surface area contributed by atoms with Gasteiger partial charge in [-0.15, -0.1) is 0 Å². The lowest BCUT2D eigenvalue weighted by atomic mass is 9.85. The molecule has 4 atom stereocenters. The molecule has 1 aromatic rings. The van der Waals surface area contributed by atoms with Crippen LogP contribution < -0.4 is 10.6 Å². The van der Waals surface area contributed by atoms with Crippen molar-refractivity contribution in [3.05, 3.63) is 29.8 Å². The van der Waals surface area contributed by atoms with Gasteiger partial charge in [-0.3, -0.25) is 4.79 Å². The van der Waals surface area contributed by atoms with Crippen molar-refractivity contribution in [2.45, 2.75) is 56.8 Å². The number of carbonyl (C=O) groups is 2. The number of hydrogen-bond donors (Lipinski definition) is 3. The maximum absolute atomic E-state index is 13.0. The van der Waals surface area contributed by atoms with E-state index >= 15 is 0 Å². The Morgan fingerprint density at radius 3 is 2.21 bits per heavy atom. The van der Waals surface area contributed by atoms with E-state index in [1.807, 2.05) is 0 Å². The highest BCUT2D eigenvalue weighted by atomic mass is 32.2. The molecule has 1 saturated carbocycles. The minimum atomic E-state index is -4.56. The number of hydrogen-bond acceptors (Lipinski definition) is 4. The molecule has 3 N–H and O–H groups in total. The summed E-state index contributed by atoms with van der Waals surface area (Å²) >= 11 is 0. The second-order valence-corrected chi connectivity index (χ2v) is 11.6. The maximum atomic E-state index is 13.0. The van der Waals surface area contributed by atoms with E-state index in [1.54, 1.807) is 20.8 Å². The van der Waals surface area contributed by atoms with Gasteiger partial charge >= 0.3 is 12.3 Å². The highest BCUT2D eigenvalue weighted by Gasteiger charge is 2.47. The van der Waals surface area contributed by atoms with Crippen molar-refractivity contribution < 1.29 is 36.3 Å². The van der Waals surface area contributed by atoms with Crippen LogP contribution in [-0.2, 0) is 21.0 Å². The van der Waals surface area contributed by atoms with Crippen molar-refractivity contribution in [2.24, 2.45) is 17.3 Å². The maximum Gasteiger partial charge on any atom is 0.416 e. The van der Waals surface area contributed by atoms with Gasteiger partial charge < -0.3 is 15.7 Å². The number of nitrogens with one attached hydrogen (secondary N) is 2. The molecule has 1 aliphatic heterocycles. The molecule has 0 aromatic heterocycles. The zero-order valence-corrected chi connectivity index (χ0v) is 19.3. The Kier molecular flexibility index (Phi) is 6.73. The summed E-state index contributed by atoms with van der Waals surface area (Å²) in [5.41, 5.74) is -1.60. The van der Waals surface area contributed by atoms with E-state index in [0.717, 1.165) is 24.3 Å². The minimum Gasteiger partial charge on any atom is -0.465 e. The third-order valence-electron chi connectivity index (χ3n) is 6.37. The van der Waals surface area contributed by atoms with E-state index < -0.39 is 45.2 Å². The van der Waals surface area contributed by atoms with Crippen LogP contribution in [0.1, 0.15) is 39.2 Å². The smallest absolute Gasteiger partial charge is 0.416 e. The lowest BCUT2D eigenvalue weighted by Gasteiger charge is -2.31. The molecule has 0 unspecified atom stereocenters. The zero-order valence-electron chi connectivity index (χ0n) is 18.5. The number of benzene rings is 1. The zero-order chi connectivity index (χ0) is 24.8. The molecule has 1 aliphatic carbocycles. The second kappa shape index (κ2) is 8.79. The molecule has 1 saturated heterocycles. The van der Waals surface area contributed by atoms with Gasteiger partial charge in [0.2, 0.25) is 15.9 Å². The van der Waals surface area contributed by atoms with E-state index in [1.165, 1.54) is 4.31 Å². The Hall–Kier alpha value is -2.34. The number of carboxylic acid groups (broad SMARTS) is 1. The summed E-state index contributed by atoms with van der Waals surface area (Å²) < 4.78 is 65.6. The molecule has 0 radical (unpaired) electrons. The van der Waals surface area contributed by atoms with Crippen LogP contribution in [0.2, 0.25) is 0 Å². The quantitative estimate of drug-likeness (QED) is 0.586. The molecule has 0 bridgehead atoms. The topological polar surface area (TPSA) is 116 Å². The van der Waals surface area contributed by atoms with Gasteiger partial charge in [0.05, 0.1) is 10.5 Å². The monoisotopic (exact) mass is 491 g/mol. The Balaban J connectivity index is 1.71. The molecule has 2 aliphatic rings. The molecular formula is C21H28F3N3O5S. The first-order valence-corrected chi connectivity index (χ1v) is 12.0. The number of carbonyl (C=O) groups excluding carboxylic acids is 1. The fourth-order valence-corrected chi connectivity index (χ4v) is 6.16. The van der Waals surface area contributed by atoms with Gasteiger partial charge in [-0.1, -0.05) is 20.8 Å². The van der Waals surface area contributed by atoms with Crippen molar-refractivity contribution in [1.82, 2.24) is 14.9 Å². The third-order valence-corrected chi connectivity index (χ3v) is 8.21. The van der Waals surface area contributed by atoms with Gasteiger partial charge in [0.1, 0.15) is 6.04 Å². The third kappa shape index (κ3) is 5.43. The Morgan fingerprint density at radius 1 is 1.09 bits per heavy atom. The van der Waals surface area contributed by atoms with Crippen LogP contribution in [0, 0.1) is 17.3 Å². The highest BCUT2D eigenvalue weighted by Crippen LogP contribution is 2.40. The summed E-state index contributed by atoms with van der Waals surface area (Å²) in [4.78, 5) is 23.7. The number of rotatable bonds is 5. The molecule has 0 spiro atoms. The van der Waals surface area contributed by atoms with Crippen molar-refractivity contribution in [1.29, 1.82) is 0 Å². The summed E-state index contributed by atoms with van der Waals surface area (Å²) in [5.74, 6) is -0.636. The van der Waals surface area contributed by atoms with Crippen molar-refractivity contribution in [2.75, 3.05) is 13.1 Å². The molecule has 1 aromatic carbocycles. The molecular weight excluding hydrogens is 463 g/mol. The van der Waals surface area contributed by atoms with E-state index in [4.69, 9.17) is 5.11 Å². The van der Waals surface area contributed by atoms with Crippen LogP contribution in [-0.4, -0.2) is 55.0 Å². The fraction of sp³-hybridized carbons (Fsp3) is 0.619. The molecule has 3 rings (SSSR count). The second-order valence-electron chi connectivity index (χ2n) is 9.71. The molecule has 8 nitrogen and oxygen atoms in total. The van der Waals surface area contributed by atoms with Crippen molar-refractivity contribution >= 4 is 22.0 Å². The van der Waals surface area contributed by atoms with Crippen LogP contribution in [0.4, 0.5) is 18.0 Å². The molecule has 33 heavy (non-hydrogen) atoms. The van der Waals surface area contributed by atoms with Crippen LogP contribution in [0.25, 0.3) is 0 Å². The molecule has 2 amide bonds. The average molecular weight is 492 g/mol. The predicted octanol–water partition coefficient (Wildman–Crippen LogP) is 2.90. The van der Waals surface area contributed by atoms with Crippen LogP contribution in [0.15, 0.2) is 29.2 Å². The first-order chi connectivity index (χ1) is 15.1. The fourth-order valence-electron chi connectivity index (χ4n) is 4.63. The first kappa shape index (κ1) is 25.3. The largest absolute Gasteiger partial charge is 0.465 e. The van der Waals surface area contributed by atoms with Gasteiger partial charge in [-0.05, 0) is 54.4 Å². The molecule has 184 valence electrons. The van der Waals surface area contributed by atoms with Crippen LogP contribution in [0.3, 0.4) is 0 Å². The van der Waals surface area contributed by atoms with Crippen molar-refractivity contribution in [3.63, 3.8) is 0 Å². The van der Waals surface area contributed by atoms with E-state index in [2.05, 4.69) is 10.6 Å². The van der Waals surface area contributed by atoms with Gasteiger partial charge in [-0.2, -0.15) is 17.5 Å². The summed E-state index contributed by atoms with van der Waals surface area (Å²) in [6, 6.07) is 2.09. The van der Waals surface area contributed by atoms with Crippen LogP contribution >= 0.6 is 0 Å². The lowest BCUT2D eigenvalue weighted by Crippen LogP contribution is -2.56. The summed E-state index contributed by atoms with van der Waals surface area (Å²) in [7, 11) is -3.99. The lowest BCUT2D eigenvalue weighted by molar-refractivity contribution is -0.137. The van der Waals surface area contributed by atoms with Gasteiger partial charge in [-0.25, -0.2) is 13.2 Å². The summed E-state index contributed by atoms with van der Waals surface area (Å²) in [5, 5.41) is 14.2. The Morgan fingerprint density at radius 2 is 1.70 bits per heavy atom. The van der Waals surface area contributed by atoms with Crippen LogP contribution in [0.5, 0.6) is 0 Å². The van der Waals surface area contributed by atoms with E-state index in [9.17, 15) is 31.2 Å². The average Bonchev–Trinajstić information content (AvgIpc) is 3.27. The highest BCUT2D eigenvalue weighted by molar-refractivity contribution is 7.89. The Labute approximate surface area is 190 Å². The number of sulfonamides is 1. The summed E-state index contributed by atoms with van der Waals surface area (Å²) in [6.45, 7) is 5.55. The molecule has 12 heteroatoms. The number of amides is 2.